The number of hydrogen-bond donors (Lipinski definition) is 2. The van der Waals surface area contributed by atoms with E-state index in [1.807, 2.05) is 20.0 Å². The van der Waals surface area contributed by atoms with Crippen molar-refractivity contribution in [2.24, 2.45) is 0 Å². The quantitative estimate of drug-likeness (QED) is 0.812. The van der Waals surface area contributed by atoms with Crippen LogP contribution in [0.25, 0.3) is 0 Å². The van der Waals surface area contributed by atoms with Crippen molar-refractivity contribution in [3.05, 3.63) is 18.0 Å². The van der Waals surface area contributed by atoms with Gasteiger partial charge in [-0.1, -0.05) is 0 Å². The summed E-state index contributed by atoms with van der Waals surface area (Å²) in [5.41, 5.74) is -0.0793. The lowest BCUT2D eigenvalue weighted by atomic mass is 9.89. The van der Waals surface area contributed by atoms with Crippen LogP contribution in [0.5, 0.6) is 0 Å². The summed E-state index contributed by atoms with van der Waals surface area (Å²) in [6.45, 7) is 5.22. The summed E-state index contributed by atoms with van der Waals surface area (Å²) < 4.78 is 1.79. The number of urea groups is 1. The second kappa shape index (κ2) is 7.86. The molecule has 3 amide bonds. The van der Waals surface area contributed by atoms with Gasteiger partial charge in [-0.3, -0.25) is 9.48 Å². The Bertz CT molecular complexity index is 615. The van der Waals surface area contributed by atoms with Crippen molar-refractivity contribution in [2.45, 2.75) is 51.3 Å². The van der Waals surface area contributed by atoms with Crippen molar-refractivity contribution < 1.29 is 14.7 Å². The van der Waals surface area contributed by atoms with Crippen molar-refractivity contribution in [3.63, 3.8) is 0 Å². The molecule has 1 aromatic rings. The molecular weight excluding hydrogens is 322 g/mol. The Morgan fingerprint density at radius 1 is 1.48 bits per heavy atom. The lowest BCUT2D eigenvalue weighted by molar-refractivity contribution is -0.135. The van der Waals surface area contributed by atoms with E-state index in [9.17, 15) is 14.7 Å². The zero-order chi connectivity index (χ0) is 18.6. The van der Waals surface area contributed by atoms with Gasteiger partial charge in [0.05, 0.1) is 31.3 Å². The van der Waals surface area contributed by atoms with Crippen LogP contribution < -0.4 is 5.32 Å². The van der Waals surface area contributed by atoms with Crippen molar-refractivity contribution in [2.75, 3.05) is 27.2 Å². The predicted octanol–water partition coefficient (Wildman–Crippen LogP) is 0.595. The molecular formula is C17H29N5O3. The minimum atomic E-state index is -1.15. The van der Waals surface area contributed by atoms with E-state index in [0.717, 1.165) is 5.56 Å². The van der Waals surface area contributed by atoms with E-state index < -0.39 is 5.60 Å². The number of aliphatic hydroxyl groups is 1. The second-order valence-corrected chi connectivity index (χ2v) is 7.30. The number of rotatable bonds is 5. The maximum atomic E-state index is 12.5. The molecule has 2 rings (SSSR count). The second-order valence-electron chi connectivity index (χ2n) is 7.30. The number of aryl methyl sites for hydroxylation is 1. The SMILES string of the molecule is Cc1cnn(CC(C)NC(=O)N2CCCC(O)(CC(=O)N(C)C)C2)c1. The molecule has 2 heterocycles. The molecule has 1 aliphatic heterocycles. The lowest BCUT2D eigenvalue weighted by Gasteiger charge is -2.39. The van der Waals surface area contributed by atoms with Crippen LogP contribution in [-0.4, -0.2) is 75.5 Å². The molecule has 2 unspecified atom stereocenters. The highest BCUT2D eigenvalue weighted by atomic mass is 16.3. The van der Waals surface area contributed by atoms with Crippen LogP contribution in [-0.2, 0) is 11.3 Å². The fourth-order valence-electron chi connectivity index (χ4n) is 3.06. The summed E-state index contributed by atoms with van der Waals surface area (Å²) in [5.74, 6) is -0.132. The number of nitrogens with zero attached hydrogens (tertiary/aromatic N) is 4. The summed E-state index contributed by atoms with van der Waals surface area (Å²) in [6, 6.07) is -0.308. The van der Waals surface area contributed by atoms with E-state index >= 15 is 0 Å². The van der Waals surface area contributed by atoms with Crippen molar-refractivity contribution in [3.8, 4) is 0 Å². The van der Waals surface area contributed by atoms with Crippen LogP contribution in [0.15, 0.2) is 12.4 Å². The zero-order valence-corrected chi connectivity index (χ0v) is 15.5. The van der Waals surface area contributed by atoms with Crippen LogP contribution in [0.2, 0.25) is 0 Å². The first-order chi connectivity index (χ1) is 11.7. The van der Waals surface area contributed by atoms with E-state index in [1.54, 1.807) is 29.9 Å². The van der Waals surface area contributed by atoms with Crippen LogP contribution in [0.3, 0.4) is 0 Å². The molecule has 1 saturated heterocycles. The predicted molar refractivity (Wildman–Crippen MR) is 94.0 cm³/mol. The summed E-state index contributed by atoms with van der Waals surface area (Å²) in [4.78, 5) is 27.5. The first-order valence-corrected chi connectivity index (χ1v) is 8.65. The molecule has 1 aliphatic rings. The van der Waals surface area contributed by atoms with Gasteiger partial charge in [0.2, 0.25) is 5.91 Å². The first-order valence-electron chi connectivity index (χ1n) is 8.65. The maximum Gasteiger partial charge on any atom is 0.317 e. The third kappa shape index (κ3) is 5.45. The molecule has 1 aromatic heterocycles. The van der Waals surface area contributed by atoms with Gasteiger partial charge < -0.3 is 20.2 Å². The smallest absolute Gasteiger partial charge is 0.317 e. The van der Waals surface area contributed by atoms with Gasteiger partial charge in [0.25, 0.3) is 0 Å². The minimum Gasteiger partial charge on any atom is -0.387 e. The number of aromatic nitrogens is 2. The van der Waals surface area contributed by atoms with Crippen molar-refractivity contribution in [1.82, 2.24) is 24.9 Å². The number of likely N-dealkylation sites (tertiary alicyclic amines) is 1. The lowest BCUT2D eigenvalue weighted by Crippen LogP contribution is -2.55. The van der Waals surface area contributed by atoms with Crippen molar-refractivity contribution >= 4 is 11.9 Å². The molecule has 0 aliphatic carbocycles. The molecule has 2 N–H and O–H groups in total. The Hall–Kier alpha value is -2.09. The highest BCUT2D eigenvalue weighted by Gasteiger charge is 2.37. The molecule has 25 heavy (non-hydrogen) atoms. The van der Waals surface area contributed by atoms with Crippen LogP contribution in [0, 0.1) is 6.92 Å². The van der Waals surface area contributed by atoms with Gasteiger partial charge in [-0.15, -0.1) is 0 Å². The fourth-order valence-corrected chi connectivity index (χ4v) is 3.06. The number of carbonyl (C=O) groups excluding carboxylic acids is 2. The van der Waals surface area contributed by atoms with Gasteiger partial charge in [0.15, 0.2) is 0 Å². The molecule has 0 aromatic carbocycles. The largest absolute Gasteiger partial charge is 0.387 e. The minimum absolute atomic E-state index is 0.0336. The monoisotopic (exact) mass is 351 g/mol. The van der Waals surface area contributed by atoms with Gasteiger partial charge in [-0.25, -0.2) is 4.79 Å². The molecule has 0 radical (unpaired) electrons. The fraction of sp³-hybridized carbons (Fsp3) is 0.706. The topological polar surface area (TPSA) is 90.7 Å². The number of nitrogens with one attached hydrogen (secondary N) is 1. The standard InChI is InChI=1S/C17H29N5O3/c1-13-9-18-22(10-13)11-14(2)19-16(24)21-7-5-6-17(25,12-21)8-15(23)20(3)4/h9-10,14,25H,5-8,11-12H2,1-4H3,(H,19,24). The van der Waals surface area contributed by atoms with Gasteiger partial charge in [0, 0.05) is 32.9 Å². The van der Waals surface area contributed by atoms with Gasteiger partial charge in [-0.2, -0.15) is 5.10 Å². The highest BCUT2D eigenvalue weighted by molar-refractivity contribution is 5.77. The molecule has 0 spiro atoms. The Labute approximate surface area is 148 Å². The molecule has 8 heteroatoms. The first kappa shape index (κ1) is 19.2. The highest BCUT2D eigenvalue weighted by Crippen LogP contribution is 2.25. The van der Waals surface area contributed by atoms with E-state index in [1.165, 1.54) is 4.90 Å². The zero-order valence-electron chi connectivity index (χ0n) is 15.5. The van der Waals surface area contributed by atoms with Crippen molar-refractivity contribution in [1.29, 1.82) is 0 Å². The molecule has 0 saturated carbocycles. The Morgan fingerprint density at radius 3 is 2.80 bits per heavy atom. The summed E-state index contributed by atoms with van der Waals surface area (Å²) >= 11 is 0. The summed E-state index contributed by atoms with van der Waals surface area (Å²) in [7, 11) is 3.33. The molecule has 1 fully saturated rings. The van der Waals surface area contributed by atoms with E-state index in [-0.39, 0.29) is 30.9 Å². The number of hydrogen-bond acceptors (Lipinski definition) is 4. The van der Waals surface area contributed by atoms with Crippen LogP contribution >= 0.6 is 0 Å². The molecule has 0 bridgehead atoms. The third-order valence-electron chi connectivity index (χ3n) is 4.41. The molecule has 8 nitrogen and oxygen atoms in total. The summed E-state index contributed by atoms with van der Waals surface area (Å²) in [6.07, 6.45) is 4.94. The van der Waals surface area contributed by atoms with E-state index in [4.69, 9.17) is 0 Å². The van der Waals surface area contributed by atoms with E-state index in [0.29, 0.717) is 25.9 Å². The van der Waals surface area contributed by atoms with Gasteiger partial charge >= 0.3 is 6.03 Å². The molecule has 2 atom stereocenters. The average molecular weight is 351 g/mol. The number of carbonyl (C=O) groups is 2. The average Bonchev–Trinajstić information content (AvgIpc) is 2.91. The maximum absolute atomic E-state index is 12.5. The number of β-amino-alcohol motifs (C(OH)–C–C–N with tert-alkyl or cyclic N) is 1. The van der Waals surface area contributed by atoms with Crippen LogP contribution in [0.1, 0.15) is 31.7 Å². The Morgan fingerprint density at radius 2 is 2.20 bits per heavy atom. The van der Waals surface area contributed by atoms with Gasteiger partial charge in [0.1, 0.15) is 0 Å². The third-order valence-corrected chi connectivity index (χ3v) is 4.41. The molecule has 140 valence electrons. The van der Waals surface area contributed by atoms with Crippen LogP contribution in [0.4, 0.5) is 4.79 Å². The number of piperidine rings is 1. The number of amides is 3. The Balaban J connectivity index is 1.89. The van der Waals surface area contributed by atoms with E-state index in [2.05, 4.69) is 10.4 Å². The summed E-state index contributed by atoms with van der Waals surface area (Å²) in [5, 5.41) is 17.9. The Kier molecular flexibility index (Phi) is 6.05. The normalized spacial score (nSPS) is 21.7. The van der Waals surface area contributed by atoms with Gasteiger partial charge in [-0.05, 0) is 32.3 Å².